The lowest BCUT2D eigenvalue weighted by molar-refractivity contribution is -0.137. The zero-order chi connectivity index (χ0) is 15.7. The summed E-state index contributed by atoms with van der Waals surface area (Å²) in [4.78, 5) is 13.0. The van der Waals surface area contributed by atoms with Gasteiger partial charge in [-0.3, -0.25) is 4.79 Å². The highest BCUT2D eigenvalue weighted by Gasteiger charge is 2.51. The van der Waals surface area contributed by atoms with E-state index < -0.39 is 5.41 Å². The zero-order valence-electron chi connectivity index (χ0n) is 13.4. The Morgan fingerprint density at radius 2 is 1.95 bits per heavy atom. The molecule has 2 rings (SSSR count). The van der Waals surface area contributed by atoms with Gasteiger partial charge in [0.2, 0.25) is 5.91 Å². The molecule has 5 heteroatoms. The molecule has 1 saturated carbocycles. The molecule has 1 aliphatic carbocycles. The Morgan fingerprint density at radius 1 is 1.33 bits per heavy atom. The maximum absolute atomic E-state index is 12.7. The molecule has 0 spiro atoms. The molecule has 1 heterocycles. The van der Waals surface area contributed by atoms with Gasteiger partial charge in [-0.2, -0.15) is 0 Å². The summed E-state index contributed by atoms with van der Waals surface area (Å²) in [6.07, 6.45) is 5.28. The summed E-state index contributed by atoms with van der Waals surface area (Å²) in [6, 6.07) is 0.174. The van der Waals surface area contributed by atoms with Gasteiger partial charge in [0.25, 0.3) is 0 Å². The van der Waals surface area contributed by atoms with Crippen LogP contribution in [-0.4, -0.2) is 29.1 Å². The summed E-state index contributed by atoms with van der Waals surface area (Å²) in [5.41, 5.74) is 5.17. The number of amides is 1. The van der Waals surface area contributed by atoms with Gasteiger partial charge in [-0.05, 0) is 44.4 Å². The van der Waals surface area contributed by atoms with E-state index in [9.17, 15) is 4.79 Å². The van der Waals surface area contributed by atoms with Gasteiger partial charge in [-0.15, -0.1) is 0 Å². The minimum absolute atomic E-state index is 0.0288. The van der Waals surface area contributed by atoms with Crippen LogP contribution in [0.25, 0.3) is 0 Å². The van der Waals surface area contributed by atoms with Crippen molar-refractivity contribution >= 4 is 23.1 Å². The van der Waals surface area contributed by atoms with E-state index in [1.54, 1.807) is 0 Å². The van der Waals surface area contributed by atoms with Crippen molar-refractivity contribution in [1.29, 1.82) is 0 Å². The number of nitrogens with one attached hydrogen (secondary N) is 1. The van der Waals surface area contributed by atoms with Crippen LogP contribution in [0.3, 0.4) is 0 Å². The third kappa shape index (κ3) is 3.09. The lowest BCUT2D eigenvalue weighted by Crippen LogP contribution is -2.59. The monoisotopic (exact) mass is 312 g/mol. The number of ether oxygens (including phenoxy) is 1. The van der Waals surface area contributed by atoms with E-state index in [1.165, 1.54) is 0 Å². The Morgan fingerprint density at radius 3 is 2.43 bits per heavy atom. The molecule has 4 nitrogen and oxygen atoms in total. The molecule has 1 atom stereocenters. The highest BCUT2D eigenvalue weighted by molar-refractivity contribution is 7.80. The molecule has 1 amide bonds. The maximum atomic E-state index is 12.7. The first-order valence-electron chi connectivity index (χ1n) is 8.12. The van der Waals surface area contributed by atoms with Crippen LogP contribution in [0.5, 0.6) is 0 Å². The predicted octanol–water partition coefficient (Wildman–Crippen LogP) is 2.54. The van der Waals surface area contributed by atoms with Crippen LogP contribution in [0.1, 0.15) is 59.3 Å². The number of hydrogen-bond donors (Lipinski definition) is 2. The summed E-state index contributed by atoms with van der Waals surface area (Å²) >= 11 is 5.16. The van der Waals surface area contributed by atoms with E-state index in [0.717, 1.165) is 38.5 Å². The third-order valence-corrected chi connectivity index (χ3v) is 5.81. The smallest absolute Gasteiger partial charge is 0.233 e. The van der Waals surface area contributed by atoms with E-state index >= 15 is 0 Å². The summed E-state index contributed by atoms with van der Waals surface area (Å²) in [5.74, 6) is 0.554. The Kier molecular flexibility index (Phi) is 4.93. The van der Waals surface area contributed by atoms with Crippen molar-refractivity contribution in [3.8, 4) is 0 Å². The first-order chi connectivity index (χ1) is 9.87. The van der Waals surface area contributed by atoms with Crippen molar-refractivity contribution in [3.05, 3.63) is 0 Å². The second-order valence-corrected chi connectivity index (χ2v) is 7.30. The van der Waals surface area contributed by atoms with Crippen LogP contribution in [0.15, 0.2) is 0 Å². The molecule has 3 N–H and O–H groups in total. The summed E-state index contributed by atoms with van der Waals surface area (Å²) in [7, 11) is 0. The van der Waals surface area contributed by atoms with Gasteiger partial charge in [0.05, 0.1) is 16.0 Å². The first kappa shape index (κ1) is 16.7. The molecule has 1 unspecified atom stereocenters. The molecule has 0 aromatic rings. The lowest BCUT2D eigenvalue weighted by Gasteiger charge is -2.46. The van der Waals surface area contributed by atoms with E-state index in [1.807, 2.05) is 0 Å². The van der Waals surface area contributed by atoms with Crippen molar-refractivity contribution in [1.82, 2.24) is 5.32 Å². The number of carbonyl (C=O) groups excluding carboxylic acids is 1. The van der Waals surface area contributed by atoms with Crippen LogP contribution in [0, 0.1) is 11.3 Å². The van der Waals surface area contributed by atoms with Crippen LogP contribution >= 0.6 is 12.2 Å². The fourth-order valence-corrected chi connectivity index (χ4v) is 4.11. The van der Waals surface area contributed by atoms with Crippen LogP contribution < -0.4 is 11.1 Å². The van der Waals surface area contributed by atoms with Crippen molar-refractivity contribution in [3.63, 3.8) is 0 Å². The SMILES string of the molecule is CCC1(CC)CC(NC(=O)C2(C(N)=S)CC(C)C2)CCO1. The fraction of sp³-hybridized carbons (Fsp3) is 0.875. The first-order valence-corrected chi connectivity index (χ1v) is 8.53. The van der Waals surface area contributed by atoms with Crippen molar-refractivity contribution < 1.29 is 9.53 Å². The highest BCUT2D eigenvalue weighted by atomic mass is 32.1. The highest BCUT2D eigenvalue weighted by Crippen LogP contribution is 2.46. The number of thiocarbonyl (C=S) groups is 1. The lowest BCUT2D eigenvalue weighted by atomic mass is 9.62. The minimum Gasteiger partial charge on any atom is -0.392 e. The van der Waals surface area contributed by atoms with Gasteiger partial charge in [0.15, 0.2) is 0 Å². The van der Waals surface area contributed by atoms with E-state index in [-0.39, 0.29) is 17.6 Å². The molecule has 0 aromatic carbocycles. The molecule has 0 radical (unpaired) electrons. The Balaban J connectivity index is 2.01. The molecule has 120 valence electrons. The molecule has 21 heavy (non-hydrogen) atoms. The van der Waals surface area contributed by atoms with Crippen molar-refractivity contribution in [2.75, 3.05) is 6.61 Å². The van der Waals surface area contributed by atoms with Gasteiger partial charge in [-0.25, -0.2) is 0 Å². The van der Waals surface area contributed by atoms with Gasteiger partial charge in [-0.1, -0.05) is 33.0 Å². The van der Waals surface area contributed by atoms with Crippen molar-refractivity contribution in [2.45, 2.75) is 70.9 Å². The second-order valence-electron chi connectivity index (χ2n) is 6.86. The van der Waals surface area contributed by atoms with Crippen LogP contribution in [0.4, 0.5) is 0 Å². The molecule has 0 aromatic heterocycles. The molecular formula is C16H28N2O2S. The Bertz CT molecular complexity index is 415. The molecule has 1 aliphatic heterocycles. The predicted molar refractivity (Wildman–Crippen MR) is 88.0 cm³/mol. The molecule has 1 saturated heterocycles. The minimum atomic E-state index is -0.603. The topological polar surface area (TPSA) is 64.4 Å². The van der Waals surface area contributed by atoms with Crippen LogP contribution in [-0.2, 0) is 9.53 Å². The third-order valence-electron chi connectivity index (χ3n) is 5.42. The summed E-state index contributed by atoms with van der Waals surface area (Å²) in [6.45, 7) is 7.15. The van der Waals surface area contributed by atoms with Gasteiger partial charge < -0.3 is 15.8 Å². The van der Waals surface area contributed by atoms with Crippen LogP contribution in [0.2, 0.25) is 0 Å². The fourth-order valence-electron chi connectivity index (χ4n) is 3.85. The average molecular weight is 312 g/mol. The molecule has 2 aliphatic rings. The Labute approximate surface area is 133 Å². The second kappa shape index (κ2) is 6.21. The molecule has 0 bridgehead atoms. The standard InChI is InChI=1S/C16H28N2O2S/c1-4-15(5-2)10-12(6-7-20-15)18-14(19)16(13(17)21)8-11(3)9-16/h11-12H,4-10H2,1-3H3,(H2,17,21)(H,18,19). The van der Waals surface area contributed by atoms with Crippen molar-refractivity contribution in [2.24, 2.45) is 17.1 Å². The maximum Gasteiger partial charge on any atom is 0.233 e. The normalized spacial score (nSPS) is 34.8. The number of hydrogen-bond acceptors (Lipinski definition) is 3. The van der Waals surface area contributed by atoms with E-state index in [0.29, 0.717) is 17.5 Å². The number of rotatable bonds is 5. The zero-order valence-corrected chi connectivity index (χ0v) is 14.2. The van der Waals surface area contributed by atoms with Gasteiger partial charge in [0.1, 0.15) is 0 Å². The summed E-state index contributed by atoms with van der Waals surface area (Å²) in [5, 5.41) is 3.20. The largest absolute Gasteiger partial charge is 0.392 e. The average Bonchev–Trinajstić information content (AvgIpc) is 2.43. The Hall–Kier alpha value is -0.680. The van der Waals surface area contributed by atoms with Gasteiger partial charge >= 0.3 is 0 Å². The molecule has 2 fully saturated rings. The van der Waals surface area contributed by atoms with E-state index in [4.69, 9.17) is 22.7 Å². The van der Waals surface area contributed by atoms with E-state index in [2.05, 4.69) is 26.1 Å². The quantitative estimate of drug-likeness (QED) is 0.766. The molecular weight excluding hydrogens is 284 g/mol. The number of carbonyl (C=O) groups is 1. The van der Waals surface area contributed by atoms with Gasteiger partial charge in [0, 0.05) is 12.6 Å². The number of nitrogens with two attached hydrogens (primary N) is 1. The summed E-state index contributed by atoms with van der Waals surface area (Å²) < 4.78 is 5.96.